The Morgan fingerprint density at radius 3 is 2.48 bits per heavy atom. The minimum absolute atomic E-state index is 0.0964. The molecule has 16 heteroatoms. The number of aromatic amines is 1. The van der Waals surface area contributed by atoms with Crippen LogP contribution in [0.25, 0.3) is 16.6 Å². The number of pyridine rings is 1. The van der Waals surface area contributed by atoms with Crippen molar-refractivity contribution in [1.29, 1.82) is 0 Å². The predicted molar refractivity (Wildman–Crippen MR) is 151 cm³/mol. The first-order chi connectivity index (χ1) is 21.1. The zero-order chi connectivity index (χ0) is 31.0. The Kier molecular flexibility index (Phi) is 7.48. The van der Waals surface area contributed by atoms with E-state index in [9.17, 15) is 27.2 Å². The molecule has 1 fully saturated rings. The van der Waals surface area contributed by atoms with Gasteiger partial charge in [-0.15, -0.1) is 0 Å². The SMILES string of the molecule is C[C@H](NC(=O)N1CCC(n2nc(Nc3cc(C(F)(F)F)[nH]n3)c3ccccc3c2=O)CC1)c1ccc(-n2cc(F)cn2)nc1. The second-order valence-electron chi connectivity index (χ2n) is 10.4. The minimum atomic E-state index is -4.59. The average molecular weight is 611 g/mol. The number of hydrogen-bond acceptors (Lipinski definition) is 7. The molecule has 0 radical (unpaired) electrons. The van der Waals surface area contributed by atoms with E-state index < -0.39 is 17.7 Å². The third-order valence-electron chi connectivity index (χ3n) is 7.45. The summed E-state index contributed by atoms with van der Waals surface area (Å²) in [5.41, 5.74) is -0.609. The average Bonchev–Trinajstić information content (AvgIpc) is 3.68. The molecule has 12 nitrogen and oxygen atoms in total. The van der Waals surface area contributed by atoms with Crippen LogP contribution in [0.3, 0.4) is 0 Å². The number of nitrogens with one attached hydrogen (secondary N) is 3. The summed E-state index contributed by atoms with van der Waals surface area (Å²) in [5.74, 6) is 0.0489. The van der Waals surface area contributed by atoms with E-state index in [1.807, 2.05) is 12.0 Å². The number of anilines is 2. The molecule has 0 bridgehead atoms. The van der Waals surface area contributed by atoms with Crippen LogP contribution in [0, 0.1) is 5.82 Å². The Labute approximate surface area is 246 Å². The number of halogens is 4. The molecule has 2 amide bonds. The number of fused-ring (bicyclic) bond motifs is 1. The Balaban J connectivity index is 1.13. The van der Waals surface area contributed by atoms with Crippen LogP contribution in [0.4, 0.5) is 34.0 Å². The van der Waals surface area contributed by atoms with E-state index in [4.69, 9.17) is 0 Å². The van der Waals surface area contributed by atoms with Crippen LogP contribution in [-0.2, 0) is 6.18 Å². The molecule has 1 aliphatic rings. The highest BCUT2D eigenvalue weighted by molar-refractivity contribution is 5.92. The van der Waals surface area contributed by atoms with Gasteiger partial charge in [-0.3, -0.25) is 9.89 Å². The summed E-state index contributed by atoms with van der Waals surface area (Å²) in [6.07, 6.45) is 0.155. The summed E-state index contributed by atoms with van der Waals surface area (Å²) >= 11 is 0. The third kappa shape index (κ3) is 5.82. The van der Waals surface area contributed by atoms with Crippen LogP contribution in [0.15, 0.2) is 65.8 Å². The van der Waals surface area contributed by atoms with Crippen molar-refractivity contribution in [3.8, 4) is 5.82 Å². The summed E-state index contributed by atoms with van der Waals surface area (Å²) in [7, 11) is 0. The van der Waals surface area contributed by atoms with E-state index >= 15 is 0 Å². The molecule has 228 valence electrons. The molecule has 1 atom stereocenters. The Morgan fingerprint density at radius 2 is 1.84 bits per heavy atom. The standard InChI is InChI=1S/C28H26F4N10O2/c1-16(17-6-7-24(33-13-17)41-15-18(29)14-34-41)35-27(44)40-10-8-19(9-11-40)42-26(43)21-5-3-2-4-20(21)25(39-42)36-23-12-22(37-38-23)28(30,31)32/h2-7,12-16,19H,8-11H2,1H3,(H,35,44)(H2,36,37,38,39)/t16-/m0/s1. The molecule has 0 unspecified atom stereocenters. The lowest BCUT2D eigenvalue weighted by Crippen LogP contribution is -2.46. The summed E-state index contributed by atoms with van der Waals surface area (Å²) < 4.78 is 55.1. The molecule has 1 saturated heterocycles. The van der Waals surface area contributed by atoms with Gasteiger partial charge in [0.1, 0.15) is 5.69 Å². The molecule has 0 aliphatic carbocycles. The summed E-state index contributed by atoms with van der Waals surface area (Å²) in [6, 6.07) is 9.97. The first-order valence-corrected chi connectivity index (χ1v) is 13.7. The van der Waals surface area contributed by atoms with Gasteiger partial charge in [-0.1, -0.05) is 24.3 Å². The number of amides is 2. The fourth-order valence-electron chi connectivity index (χ4n) is 5.09. The second-order valence-corrected chi connectivity index (χ2v) is 10.4. The maximum Gasteiger partial charge on any atom is 0.432 e. The first-order valence-electron chi connectivity index (χ1n) is 13.7. The van der Waals surface area contributed by atoms with Crippen LogP contribution in [0.5, 0.6) is 0 Å². The van der Waals surface area contributed by atoms with Gasteiger partial charge in [0.2, 0.25) is 0 Å². The molecular weight excluding hydrogens is 584 g/mol. The molecule has 0 spiro atoms. The van der Waals surface area contributed by atoms with Crippen molar-refractivity contribution in [3.63, 3.8) is 0 Å². The van der Waals surface area contributed by atoms with Gasteiger partial charge in [0.15, 0.2) is 23.3 Å². The van der Waals surface area contributed by atoms with E-state index in [-0.39, 0.29) is 35.3 Å². The Hall–Kier alpha value is -5.28. The predicted octanol–water partition coefficient (Wildman–Crippen LogP) is 4.71. The van der Waals surface area contributed by atoms with E-state index in [0.29, 0.717) is 42.5 Å². The number of carbonyl (C=O) groups is 1. The van der Waals surface area contributed by atoms with Crippen molar-refractivity contribution in [3.05, 3.63) is 88.5 Å². The van der Waals surface area contributed by atoms with Crippen LogP contribution in [0.1, 0.15) is 43.1 Å². The molecular formula is C28H26F4N10O2. The highest BCUT2D eigenvalue weighted by Crippen LogP contribution is 2.31. The third-order valence-corrected chi connectivity index (χ3v) is 7.45. The van der Waals surface area contributed by atoms with Crippen molar-refractivity contribution in [2.45, 2.75) is 38.0 Å². The topological polar surface area (TPSA) is 139 Å². The Bertz CT molecular complexity index is 1860. The van der Waals surface area contributed by atoms with Gasteiger partial charge in [-0.05, 0) is 37.5 Å². The largest absolute Gasteiger partial charge is 0.432 e. The number of benzene rings is 1. The van der Waals surface area contributed by atoms with Crippen LogP contribution in [-0.4, -0.2) is 58.8 Å². The van der Waals surface area contributed by atoms with Crippen molar-refractivity contribution in [1.82, 2.24) is 45.0 Å². The number of rotatable bonds is 6. The van der Waals surface area contributed by atoms with Crippen LogP contribution < -0.4 is 16.2 Å². The number of piperidine rings is 1. The summed E-state index contributed by atoms with van der Waals surface area (Å²) in [6.45, 7) is 2.52. The van der Waals surface area contributed by atoms with Gasteiger partial charge in [0.05, 0.1) is 29.9 Å². The number of aromatic nitrogens is 7. The van der Waals surface area contributed by atoms with Gasteiger partial charge in [-0.2, -0.15) is 28.5 Å². The fourth-order valence-corrected chi connectivity index (χ4v) is 5.09. The van der Waals surface area contributed by atoms with E-state index in [0.717, 1.165) is 17.8 Å². The fraction of sp³-hybridized carbons (Fsp3) is 0.286. The molecule has 1 aromatic carbocycles. The van der Waals surface area contributed by atoms with Crippen molar-refractivity contribution < 1.29 is 22.4 Å². The summed E-state index contributed by atoms with van der Waals surface area (Å²) in [5, 5.41) is 20.6. The highest BCUT2D eigenvalue weighted by Gasteiger charge is 2.33. The maximum absolute atomic E-state index is 13.4. The number of alkyl halides is 3. The quantitative estimate of drug-likeness (QED) is 0.237. The maximum atomic E-state index is 13.4. The van der Waals surface area contributed by atoms with Crippen LogP contribution in [0.2, 0.25) is 0 Å². The lowest BCUT2D eigenvalue weighted by Gasteiger charge is -2.33. The number of hydrogen-bond donors (Lipinski definition) is 3. The normalized spacial score (nSPS) is 15.0. The number of carbonyl (C=O) groups excluding carboxylic acids is 1. The zero-order valence-corrected chi connectivity index (χ0v) is 23.2. The molecule has 1 aliphatic heterocycles. The van der Waals surface area contributed by atoms with Gasteiger partial charge in [0.25, 0.3) is 5.56 Å². The summed E-state index contributed by atoms with van der Waals surface area (Å²) in [4.78, 5) is 32.4. The Morgan fingerprint density at radius 1 is 1.09 bits per heavy atom. The lowest BCUT2D eigenvalue weighted by atomic mass is 10.0. The van der Waals surface area contributed by atoms with Gasteiger partial charge in [-0.25, -0.2) is 23.5 Å². The smallest absolute Gasteiger partial charge is 0.331 e. The van der Waals surface area contributed by atoms with Gasteiger partial charge >= 0.3 is 12.2 Å². The number of likely N-dealkylation sites (tertiary alicyclic amines) is 1. The lowest BCUT2D eigenvalue weighted by molar-refractivity contribution is -0.141. The van der Waals surface area contributed by atoms with E-state index in [1.165, 1.54) is 15.6 Å². The molecule has 3 N–H and O–H groups in total. The highest BCUT2D eigenvalue weighted by atomic mass is 19.4. The van der Waals surface area contributed by atoms with Gasteiger partial charge < -0.3 is 15.5 Å². The monoisotopic (exact) mass is 610 g/mol. The van der Waals surface area contributed by atoms with Crippen molar-refractivity contribution in [2.24, 2.45) is 0 Å². The van der Waals surface area contributed by atoms with E-state index in [1.54, 1.807) is 47.5 Å². The van der Waals surface area contributed by atoms with Crippen LogP contribution >= 0.6 is 0 Å². The zero-order valence-electron chi connectivity index (χ0n) is 23.2. The number of H-pyrrole nitrogens is 1. The molecule has 44 heavy (non-hydrogen) atoms. The number of urea groups is 1. The first kappa shape index (κ1) is 28.8. The molecule has 5 heterocycles. The molecule has 5 aromatic rings. The van der Waals surface area contributed by atoms with E-state index in [2.05, 4.69) is 30.9 Å². The van der Waals surface area contributed by atoms with Crippen molar-refractivity contribution in [2.75, 3.05) is 18.4 Å². The molecule has 6 rings (SSSR count). The second kappa shape index (κ2) is 11.4. The molecule has 4 aromatic heterocycles. The van der Waals surface area contributed by atoms with Gasteiger partial charge in [0, 0.05) is 30.7 Å². The van der Waals surface area contributed by atoms with Crippen molar-refractivity contribution >= 4 is 28.4 Å². The number of nitrogens with zero attached hydrogens (tertiary/aromatic N) is 7. The minimum Gasteiger partial charge on any atom is -0.331 e. The molecule has 0 saturated carbocycles.